The van der Waals surface area contributed by atoms with Gasteiger partial charge in [-0.25, -0.2) is 4.98 Å². The fraction of sp³-hybridized carbons (Fsp3) is 0.259. The van der Waals surface area contributed by atoms with Crippen LogP contribution < -0.4 is 16.0 Å². The van der Waals surface area contributed by atoms with Gasteiger partial charge in [-0.05, 0) is 23.8 Å². The van der Waals surface area contributed by atoms with Gasteiger partial charge in [-0.3, -0.25) is 9.67 Å². The molecule has 176 valence electrons. The Morgan fingerprint density at radius 1 is 1.11 bits per heavy atom. The largest absolute Gasteiger partial charge is 0.380 e. The van der Waals surface area contributed by atoms with Crippen molar-refractivity contribution in [3.05, 3.63) is 90.1 Å². The molecule has 4 aromatic rings. The first-order valence-electron chi connectivity index (χ1n) is 11.7. The Bertz CT molecular complexity index is 1320. The van der Waals surface area contributed by atoms with Gasteiger partial charge in [-0.15, -0.1) is 0 Å². The summed E-state index contributed by atoms with van der Waals surface area (Å²) in [6, 6.07) is 18.6. The van der Waals surface area contributed by atoms with Gasteiger partial charge in [0, 0.05) is 61.5 Å². The minimum atomic E-state index is 0.0671. The molecule has 0 unspecified atom stereocenters. The van der Waals surface area contributed by atoms with E-state index in [9.17, 15) is 0 Å². The summed E-state index contributed by atoms with van der Waals surface area (Å²) in [6.07, 6.45) is 7.36. The third kappa shape index (κ3) is 5.00. The molecular formula is C27H28N8. The SMILES string of the molecule is C[C@@H](CN[C@H](c1ccccc1)[C@H]1CNc2cc(-c3cnn(C)c3)cnc2N1)c1ccc(C#N)cn1. The Morgan fingerprint density at radius 2 is 1.97 bits per heavy atom. The zero-order valence-electron chi connectivity index (χ0n) is 19.8. The van der Waals surface area contributed by atoms with Crippen LogP contribution in [-0.2, 0) is 7.05 Å². The molecule has 3 N–H and O–H groups in total. The first kappa shape index (κ1) is 22.6. The van der Waals surface area contributed by atoms with Crippen molar-refractivity contribution in [2.45, 2.75) is 24.9 Å². The lowest BCUT2D eigenvalue weighted by molar-refractivity contribution is 0.451. The van der Waals surface area contributed by atoms with E-state index in [-0.39, 0.29) is 18.0 Å². The maximum Gasteiger partial charge on any atom is 0.149 e. The molecule has 0 amide bonds. The molecule has 3 aromatic heterocycles. The predicted molar refractivity (Wildman–Crippen MR) is 137 cm³/mol. The van der Waals surface area contributed by atoms with Crippen LogP contribution in [0.3, 0.4) is 0 Å². The highest BCUT2D eigenvalue weighted by molar-refractivity contribution is 5.75. The van der Waals surface area contributed by atoms with Gasteiger partial charge < -0.3 is 16.0 Å². The lowest BCUT2D eigenvalue weighted by Crippen LogP contribution is -2.45. The van der Waals surface area contributed by atoms with Gasteiger partial charge in [-0.1, -0.05) is 37.3 Å². The molecule has 35 heavy (non-hydrogen) atoms. The van der Waals surface area contributed by atoms with Gasteiger partial charge in [0.05, 0.1) is 29.5 Å². The van der Waals surface area contributed by atoms with Crippen LogP contribution in [0.2, 0.25) is 0 Å². The van der Waals surface area contributed by atoms with E-state index in [2.05, 4.69) is 69.4 Å². The maximum atomic E-state index is 9.03. The van der Waals surface area contributed by atoms with Gasteiger partial charge in [-0.2, -0.15) is 10.4 Å². The Morgan fingerprint density at radius 3 is 2.69 bits per heavy atom. The third-order valence-electron chi connectivity index (χ3n) is 6.39. The van der Waals surface area contributed by atoms with Crippen molar-refractivity contribution in [2.75, 3.05) is 23.7 Å². The lowest BCUT2D eigenvalue weighted by Gasteiger charge is -2.35. The monoisotopic (exact) mass is 464 g/mol. The zero-order chi connectivity index (χ0) is 24.2. The number of pyridine rings is 2. The highest BCUT2D eigenvalue weighted by atomic mass is 15.2. The van der Waals surface area contributed by atoms with Crippen molar-refractivity contribution < 1.29 is 0 Å². The average molecular weight is 465 g/mol. The van der Waals surface area contributed by atoms with Crippen LogP contribution in [-0.4, -0.2) is 38.9 Å². The lowest BCUT2D eigenvalue weighted by atomic mass is 9.96. The van der Waals surface area contributed by atoms with E-state index in [1.54, 1.807) is 10.9 Å². The third-order valence-corrected chi connectivity index (χ3v) is 6.39. The second-order valence-electron chi connectivity index (χ2n) is 8.94. The molecule has 0 bridgehead atoms. The summed E-state index contributed by atoms with van der Waals surface area (Å²) in [5.74, 6) is 1.04. The van der Waals surface area contributed by atoms with E-state index in [4.69, 9.17) is 10.2 Å². The molecule has 0 spiro atoms. The topological polar surface area (TPSA) is 103 Å². The molecule has 0 saturated heterocycles. The van der Waals surface area contributed by atoms with Crippen molar-refractivity contribution in [3.63, 3.8) is 0 Å². The molecule has 4 heterocycles. The highest BCUT2D eigenvalue weighted by Gasteiger charge is 2.28. The number of anilines is 2. The maximum absolute atomic E-state index is 9.03. The Hall–Kier alpha value is -4.22. The average Bonchev–Trinajstić information content (AvgIpc) is 3.35. The van der Waals surface area contributed by atoms with E-state index in [0.29, 0.717) is 5.56 Å². The smallest absolute Gasteiger partial charge is 0.149 e. The summed E-state index contributed by atoms with van der Waals surface area (Å²) < 4.78 is 1.79. The molecular weight excluding hydrogens is 436 g/mol. The van der Waals surface area contributed by atoms with Crippen LogP contribution in [0.1, 0.15) is 35.7 Å². The van der Waals surface area contributed by atoms with Crippen LogP contribution in [0.5, 0.6) is 0 Å². The number of nitriles is 1. The molecule has 0 fully saturated rings. The first-order chi connectivity index (χ1) is 17.1. The van der Waals surface area contributed by atoms with Crippen molar-refractivity contribution in [1.82, 2.24) is 25.1 Å². The van der Waals surface area contributed by atoms with Gasteiger partial charge in [0.2, 0.25) is 0 Å². The Labute approximate surface area is 205 Å². The number of rotatable bonds is 7. The van der Waals surface area contributed by atoms with E-state index in [1.807, 2.05) is 43.8 Å². The summed E-state index contributed by atoms with van der Waals surface area (Å²) >= 11 is 0. The van der Waals surface area contributed by atoms with E-state index < -0.39 is 0 Å². The molecule has 0 aliphatic carbocycles. The highest BCUT2D eigenvalue weighted by Crippen LogP contribution is 2.32. The normalized spacial score (nSPS) is 16.3. The van der Waals surface area contributed by atoms with Gasteiger partial charge in [0.25, 0.3) is 0 Å². The van der Waals surface area contributed by atoms with Crippen molar-refractivity contribution >= 4 is 11.5 Å². The van der Waals surface area contributed by atoms with Crippen molar-refractivity contribution in [2.24, 2.45) is 7.05 Å². The zero-order valence-corrected chi connectivity index (χ0v) is 19.8. The number of nitrogens with zero attached hydrogens (tertiary/aromatic N) is 5. The number of hydrogen-bond donors (Lipinski definition) is 3. The molecule has 8 heteroatoms. The molecule has 1 aliphatic heterocycles. The minimum absolute atomic E-state index is 0.0671. The van der Waals surface area contributed by atoms with Crippen LogP contribution in [0.4, 0.5) is 11.5 Å². The fourth-order valence-electron chi connectivity index (χ4n) is 4.41. The van der Waals surface area contributed by atoms with Crippen molar-refractivity contribution in [3.8, 4) is 17.2 Å². The molecule has 8 nitrogen and oxygen atoms in total. The number of hydrogen-bond acceptors (Lipinski definition) is 7. The number of fused-ring (bicyclic) bond motifs is 1. The molecule has 1 aromatic carbocycles. The summed E-state index contributed by atoms with van der Waals surface area (Å²) in [5.41, 5.74) is 5.82. The second kappa shape index (κ2) is 9.95. The summed E-state index contributed by atoms with van der Waals surface area (Å²) in [4.78, 5) is 9.19. The van der Waals surface area contributed by atoms with E-state index in [0.717, 1.165) is 41.4 Å². The Balaban J connectivity index is 1.33. The summed E-state index contributed by atoms with van der Waals surface area (Å²) in [6.45, 7) is 3.64. The van der Waals surface area contributed by atoms with E-state index in [1.165, 1.54) is 5.56 Å². The number of nitrogens with one attached hydrogen (secondary N) is 3. The number of aromatic nitrogens is 4. The summed E-state index contributed by atoms with van der Waals surface area (Å²) in [7, 11) is 1.91. The predicted octanol–water partition coefficient (Wildman–Crippen LogP) is 4.09. The van der Waals surface area contributed by atoms with E-state index >= 15 is 0 Å². The Kier molecular flexibility index (Phi) is 6.42. The fourth-order valence-corrected chi connectivity index (χ4v) is 4.41. The standard InChI is InChI=1S/C27H28N8/c1-18(23-9-8-19(11-28)13-29-23)12-31-26(20-6-4-3-5-7-20)25-16-30-24-10-21(14-32-27(24)34-25)22-15-33-35(2)17-22/h3-10,13-15,17-18,25-26,30-31H,12,16H2,1-2H3,(H,32,34)/t18-,25+,26+/m0/s1. The number of aryl methyl sites for hydroxylation is 1. The molecule has 1 aliphatic rings. The molecule has 0 radical (unpaired) electrons. The minimum Gasteiger partial charge on any atom is -0.380 e. The van der Waals surface area contributed by atoms with Crippen molar-refractivity contribution in [1.29, 1.82) is 5.26 Å². The second-order valence-corrected chi connectivity index (χ2v) is 8.94. The van der Waals surface area contributed by atoms with Crippen LogP contribution in [0.15, 0.2) is 73.3 Å². The summed E-state index contributed by atoms with van der Waals surface area (Å²) in [5, 5.41) is 24.3. The van der Waals surface area contributed by atoms with Crippen LogP contribution >= 0.6 is 0 Å². The first-order valence-corrected chi connectivity index (χ1v) is 11.7. The van der Waals surface area contributed by atoms with Gasteiger partial charge in [0.15, 0.2) is 0 Å². The molecule has 3 atom stereocenters. The van der Waals surface area contributed by atoms with Gasteiger partial charge in [0.1, 0.15) is 11.9 Å². The molecule has 0 saturated carbocycles. The number of benzene rings is 1. The van der Waals surface area contributed by atoms with Crippen LogP contribution in [0.25, 0.3) is 11.1 Å². The quantitative estimate of drug-likeness (QED) is 0.378. The molecule has 5 rings (SSSR count). The van der Waals surface area contributed by atoms with Crippen LogP contribution in [0, 0.1) is 11.3 Å². The van der Waals surface area contributed by atoms with Gasteiger partial charge >= 0.3 is 0 Å².